The van der Waals surface area contributed by atoms with Crippen molar-refractivity contribution in [1.29, 1.82) is 0 Å². The Kier molecular flexibility index (Phi) is 7.21. The van der Waals surface area contributed by atoms with Crippen molar-refractivity contribution in [3.8, 4) is 11.1 Å². The van der Waals surface area contributed by atoms with Crippen LogP contribution in [0.1, 0.15) is 0 Å². The second-order valence-electron chi connectivity index (χ2n) is 5.20. The van der Waals surface area contributed by atoms with E-state index >= 15 is 0 Å². The number of carbonyl (C=O) groups excluding carboxylic acids is 1. The fourth-order valence-electron chi connectivity index (χ4n) is 2.50. The van der Waals surface area contributed by atoms with Crippen LogP contribution in [0.25, 0.3) is 11.1 Å². The molecule has 0 spiro atoms. The number of aromatic nitrogens is 1. The Hall–Kier alpha value is -0.960. The maximum absolute atomic E-state index is 11.6. The third-order valence-corrected chi connectivity index (χ3v) is 5.27. The van der Waals surface area contributed by atoms with Gasteiger partial charge in [0.25, 0.3) is 6.54 Å². The maximum Gasteiger partial charge on any atom is 0.373 e. The standard InChI is InChI=1S/C16H18BrN2O3S.BrH/c1-21-15(20)11-19-10-14(12-3-2-4-13(17)9-12)16(23-19)18-5-7-22-8-6-18;/h2-4,9-10H,5-8,11H2,1H3;1H/q+1;/p-1. The molecular formula is C16H18Br2N2O3S. The molecule has 0 N–H and O–H groups in total. The fraction of sp³-hybridized carbons (Fsp3) is 0.375. The van der Waals surface area contributed by atoms with Crippen LogP contribution in [-0.2, 0) is 20.8 Å². The van der Waals surface area contributed by atoms with E-state index in [1.807, 2.05) is 22.3 Å². The Labute approximate surface area is 164 Å². The van der Waals surface area contributed by atoms with E-state index in [0.717, 1.165) is 46.9 Å². The molecule has 1 aliphatic rings. The summed E-state index contributed by atoms with van der Waals surface area (Å²) in [4.78, 5) is 13.9. The molecule has 1 aromatic carbocycles. The van der Waals surface area contributed by atoms with Gasteiger partial charge in [-0.1, -0.05) is 28.1 Å². The number of benzene rings is 1. The first kappa shape index (κ1) is 19.4. The second-order valence-corrected chi connectivity index (χ2v) is 7.15. The summed E-state index contributed by atoms with van der Waals surface area (Å²) in [5, 5.41) is 1.16. The molecule has 1 fully saturated rings. The van der Waals surface area contributed by atoms with Crippen molar-refractivity contribution in [2.75, 3.05) is 38.3 Å². The molecule has 2 aromatic rings. The number of hydrogen-bond acceptors (Lipinski definition) is 5. The summed E-state index contributed by atoms with van der Waals surface area (Å²) in [5.41, 5.74) is 2.25. The molecule has 2 heterocycles. The number of anilines is 1. The largest absolute Gasteiger partial charge is 1.00 e. The van der Waals surface area contributed by atoms with E-state index < -0.39 is 0 Å². The molecule has 0 bridgehead atoms. The normalized spacial score (nSPS) is 14.2. The quantitative estimate of drug-likeness (QED) is 0.439. The van der Waals surface area contributed by atoms with Gasteiger partial charge in [0.2, 0.25) is 0 Å². The summed E-state index contributed by atoms with van der Waals surface area (Å²) in [6, 6.07) is 8.20. The van der Waals surface area contributed by atoms with Gasteiger partial charge in [-0.3, -0.25) is 0 Å². The first-order valence-electron chi connectivity index (χ1n) is 7.36. The van der Waals surface area contributed by atoms with Gasteiger partial charge in [-0.05, 0) is 17.7 Å². The first-order valence-corrected chi connectivity index (χ1v) is 8.93. The third kappa shape index (κ3) is 4.56. The smallest absolute Gasteiger partial charge is 0.373 e. The zero-order valence-electron chi connectivity index (χ0n) is 13.2. The van der Waals surface area contributed by atoms with E-state index in [4.69, 9.17) is 9.47 Å². The number of ether oxygens (including phenoxy) is 2. The summed E-state index contributed by atoms with van der Waals surface area (Å²) in [6.07, 6.45) is 2.02. The zero-order valence-corrected chi connectivity index (χ0v) is 17.2. The van der Waals surface area contributed by atoms with Crippen LogP contribution in [0.5, 0.6) is 0 Å². The topological polar surface area (TPSA) is 42.7 Å². The molecule has 1 aliphatic heterocycles. The molecule has 5 nitrogen and oxygen atoms in total. The van der Waals surface area contributed by atoms with Gasteiger partial charge in [-0.2, -0.15) is 0 Å². The van der Waals surface area contributed by atoms with Crippen LogP contribution < -0.4 is 25.8 Å². The van der Waals surface area contributed by atoms with Gasteiger partial charge in [-0.15, -0.1) is 3.96 Å². The Morgan fingerprint density at radius 3 is 2.83 bits per heavy atom. The van der Waals surface area contributed by atoms with Gasteiger partial charge < -0.3 is 31.4 Å². The Morgan fingerprint density at radius 1 is 1.42 bits per heavy atom. The Bertz CT molecular complexity index is 702. The second kappa shape index (κ2) is 8.94. The minimum absolute atomic E-state index is 0. The molecule has 0 unspecified atom stereocenters. The van der Waals surface area contributed by atoms with Crippen LogP contribution in [0, 0.1) is 0 Å². The number of rotatable bonds is 4. The molecule has 0 amide bonds. The van der Waals surface area contributed by atoms with Crippen molar-refractivity contribution in [3.05, 3.63) is 34.9 Å². The highest BCUT2D eigenvalue weighted by Gasteiger charge is 2.26. The number of carbonyl (C=O) groups is 1. The van der Waals surface area contributed by atoms with E-state index in [2.05, 4.69) is 33.0 Å². The van der Waals surface area contributed by atoms with Crippen LogP contribution in [0.15, 0.2) is 34.9 Å². The number of halogens is 2. The van der Waals surface area contributed by atoms with Crippen molar-refractivity contribution in [3.63, 3.8) is 0 Å². The van der Waals surface area contributed by atoms with E-state index in [0.29, 0.717) is 0 Å². The number of nitrogens with zero attached hydrogens (tertiary/aromatic N) is 2. The summed E-state index contributed by atoms with van der Waals surface area (Å²) in [6.45, 7) is 3.41. The molecule has 24 heavy (non-hydrogen) atoms. The highest BCUT2D eigenvalue weighted by atomic mass is 79.9. The summed E-state index contributed by atoms with van der Waals surface area (Å²) in [7, 11) is 1.41. The Morgan fingerprint density at radius 2 is 2.17 bits per heavy atom. The minimum Gasteiger partial charge on any atom is -1.00 e. The molecule has 1 aromatic heterocycles. The predicted molar refractivity (Wildman–Crippen MR) is 92.7 cm³/mol. The fourth-order valence-corrected chi connectivity index (χ4v) is 4.02. The lowest BCUT2D eigenvalue weighted by Crippen LogP contribution is -3.00. The molecule has 8 heteroatoms. The Balaban J connectivity index is 0.00000208. The summed E-state index contributed by atoms with van der Waals surface area (Å²) in [5.74, 6) is -0.245. The molecule has 0 aliphatic carbocycles. The van der Waals surface area contributed by atoms with Crippen LogP contribution >= 0.6 is 27.5 Å². The highest BCUT2D eigenvalue weighted by molar-refractivity contribution is 9.10. The number of hydrogen-bond donors (Lipinski definition) is 0. The monoisotopic (exact) mass is 476 g/mol. The van der Waals surface area contributed by atoms with Crippen LogP contribution in [0.3, 0.4) is 0 Å². The van der Waals surface area contributed by atoms with E-state index in [1.165, 1.54) is 7.11 Å². The summed E-state index contributed by atoms with van der Waals surface area (Å²) >= 11 is 5.11. The van der Waals surface area contributed by atoms with E-state index in [1.54, 1.807) is 11.5 Å². The molecule has 0 atom stereocenters. The van der Waals surface area contributed by atoms with E-state index in [9.17, 15) is 4.79 Å². The molecule has 1 saturated heterocycles. The molecule has 0 radical (unpaired) electrons. The lowest BCUT2D eigenvalue weighted by Gasteiger charge is -2.26. The van der Waals surface area contributed by atoms with Gasteiger partial charge in [0, 0.05) is 17.6 Å². The van der Waals surface area contributed by atoms with Gasteiger partial charge in [0.15, 0.2) is 22.7 Å². The average molecular weight is 478 g/mol. The van der Waals surface area contributed by atoms with Crippen LogP contribution in [-0.4, -0.2) is 39.4 Å². The van der Waals surface area contributed by atoms with Crippen molar-refractivity contribution >= 4 is 38.4 Å². The summed E-state index contributed by atoms with van der Waals surface area (Å²) < 4.78 is 13.2. The molecular weight excluding hydrogens is 460 g/mol. The zero-order chi connectivity index (χ0) is 16.2. The van der Waals surface area contributed by atoms with Gasteiger partial charge in [0.05, 0.1) is 25.9 Å². The van der Waals surface area contributed by atoms with Gasteiger partial charge in [0.1, 0.15) is 0 Å². The van der Waals surface area contributed by atoms with Crippen molar-refractivity contribution in [2.45, 2.75) is 6.54 Å². The lowest BCUT2D eigenvalue weighted by atomic mass is 10.1. The maximum atomic E-state index is 11.6. The number of methoxy groups -OCH3 is 1. The van der Waals surface area contributed by atoms with E-state index in [-0.39, 0.29) is 29.5 Å². The number of esters is 1. The van der Waals surface area contributed by atoms with Crippen LogP contribution in [0.2, 0.25) is 0 Å². The van der Waals surface area contributed by atoms with Crippen molar-refractivity contribution < 1.29 is 35.2 Å². The van der Waals surface area contributed by atoms with Crippen LogP contribution in [0.4, 0.5) is 5.00 Å². The van der Waals surface area contributed by atoms with Gasteiger partial charge >= 0.3 is 5.97 Å². The molecule has 0 saturated carbocycles. The SMILES string of the molecule is COC(=O)C[n+]1cc(-c2cccc(Br)c2)c(N2CCOCC2)s1.[Br-]. The first-order chi connectivity index (χ1) is 11.2. The third-order valence-electron chi connectivity index (χ3n) is 3.65. The van der Waals surface area contributed by atoms with Crippen molar-refractivity contribution in [2.24, 2.45) is 0 Å². The highest BCUT2D eigenvalue weighted by Crippen LogP contribution is 2.35. The molecule has 130 valence electrons. The lowest BCUT2D eigenvalue weighted by molar-refractivity contribution is -0.616. The molecule has 3 rings (SSSR count). The average Bonchev–Trinajstić information content (AvgIpc) is 2.99. The minimum atomic E-state index is -0.245. The van der Waals surface area contributed by atoms with Gasteiger partial charge in [-0.25, -0.2) is 4.79 Å². The predicted octanol–water partition coefficient (Wildman–Crippen LogP) is -0.521. The number of morpholine rings is 1. The van der Waals surface area contributed by atoms with Crippen molar-refractivity contribution in [1.82, 2.24) is 0 Å².